The second kappa shape index (κ2) is 13.0. The Bertz CT molecular complexity index is 992. The first-order valence-corrected chi connectivity index (χ1v) is 16.8. The van der Waals surface area contributed by atoms with Gasteiger partial charge in [0.25, 0.3) is 0 Å². The molecule has 0 spiro atoms. The lowest BCUT2D eigenvalue weighted by Crippen LogP contribution is -3.59. The Hall–Kier alpha value is -0.760. The van der Waals surface area contributed by atoms with E-state index >= 15 is 0 Å². The molecule has 0 aliphatic heterocycles. The van der Waals surface area contributed by atoms with E-state index in [1.54, 1.807) is 38.1 Å². The summed E-state index contributed by atoms with van der Waals surface area (Å²) in [6.45, 7) is 3.30. The van der Waals surface area contributed by atoms with E-state index in [1.807, 2.05) is 0 Å². The van der Waals surface area contributed by atoms with Gasteiger partial charge in [-0.1, -0.05) is 13.8 Å². The van der Waals surface area contributed by atoms with Crippen LogP contribution in [0.4, 0.5) is 26.3 Å². The summed E-state index contributed by atoms with van der Waals surface area (Å²) in [4.78, 5) is 0. The Balaban J connectivity index is 2.92. The van der Waals surface area contributed by atoms with Crippen molar-refractivity contribution in [2.75, 3.05) is 0 Å². The molecule has 194 valence electrons. The number of hydrogen-bond donors (Lipinski definition) is 0. The fourth-order valence-electron chi connectivity index (χ4n) is 1.92. The van der Waals surface area contributed by atoms with Gasteiger partial charge in [0.1, 0.15) is 0 Å². The number of allylic oxidation sites excluding steroid dienone is 2. The molecule has 0 bridgehead atoms. The first-order valence-electron chi connectivity index (χ1n) is 9.28. The van der Waals surface area contributed by atoms with Gasteiger partial charge in [0, 0.05) is 12.8 Å². The fraction of sp³-hybridized carbons (Fsp3) is 0.444. The van der Waals surface area contributed by atoms with Gasteiger partial charge in [-0.2, -0.15) is 43.2 Å². The standard InChI is InChI=1S/C18H20F6I2O6S2/c1-3-5-15(31-33(27,28)17(19,20)21)11-25-13-7-9-14(10-8-13)26-12-16(6-4-2)32-34(29,30)18(22,23)24/h7-12H,3-6H2,1-2H3/q+2/b15-11+,16-12+. The largest absolute Gasteiger partial charge is 0.534 e. The van der Waals surface area contributed by atoms with Crippen LogP contribution in [0.1, 0.15) is 39.5 Å². The first-order chi connectivity index (χ1) is 15.5. The average Bonchev–Trinajstić information content (AvgIpc) is 2.69. The molecule has 0 amide bonds. The van der Waals surface area contributed by atoms with Crippen LogP contribution in [0, 0.1) is 7.14 Å². The van der Waals surface area contributed by atoms with Crippen LogP contribution < -0.4 is 42.4 Å². The van der Waals surface area contributed by atoms with E-state index in [4.69, 9.17) is 0 Å². The van der Waals surface area contributed by atoms with Gasteiger partial charge >= 0.3 is 73.7 Å². The van der Waals surface area contributed by atoms with Crippen LogP contribution in [-0.2, 0) is 28.6 Å². The van der Waals surface area contributed by atoms with Crippen molar-refractivity contribution in [2.45, 2.75) is 50.5 Å². The van der Waals surface area contributed by atoms with Crippen molar-refractivity contribution in [1.82, 2.24) is 0 Å². The molecule has 1 aromatic rings. The quantitative estimate of drug-likeness (QED) is 0.0915. The van der Waals surface area contributed by atoms with Crippen molar-refractivity contribution >= 4 is 20.2 Å². The van der Waals surface area contributed by atoms with Crippen LogP contribution in [0.15, 0.2) is 43.9 Å². The average molecular weight is 764 g/mol. The molecule has 0 aliphatic carbocycles. The molecule has 0 N–H and O–H groups in total. The van der Waals surface area contributed by atoms with Gasteiger partial charge in [-0.25, -0.2) is 0 Å². The van der Waals surface area contributed by atoms with Gasteiger partial charge in [0.05, 0.1) is 0 Å². The van der Waals surface area contributed by atoms with Gasteiger partial charge in [-0.05, 0) is 37.1 Å². The molecule has 1 rings (SSSR count). The van der Waals surface area contributed by atoms with Crippen LogP contribution in [0.5, 0.6) is 0 Å². The zero-order chi connectivity index (χ0) is 26.2. The van der Waals surface area contributed by atoms with Gasteiger partial charge in [0.2, 0.25) is 0 Å². The van der Waals surface area contributed by atoms with Gasteiger partial charge in [0.15, 0.2) is 26.8 Å². The number of alkyl halides is 6. The van der Waals surface area contributed by atoms with Gasteiger partial charge in [-0.3, -0.25) is 0 Å². The molecule has 1 aromatic carbocycles. The molecule has 16 heteroatoms. The molecule has 0 fully saturated rings. The summed E-state index contributed by atoms with van der Waals surface area (Å²) in [5.41, 5.74) is -11.1. The highest BCUT2D eigenvalue weighted by Crippen LogP contribution is 2.28. The maximum Gasteiger partial charge on any atom is 0.534 e. The van der Waals surface area contributed by atoms with Crippen molar-refractivity contribution in [3.8, 4) is 0 Å². The highest BCUT2D eigenvalue weighted by Gasteiger charge is 2.49. The van der Waals surface area contributed by atoms with E-state index in [9.17, 15) is 43.2 Å². The SMILES string of the molecule is CCC/C(=C\[I+]c1ccc([I+]/C=C(\CCC)OS(=O)(=O)C(F)(F)F)cc1)OS(=O)(=O)C(F)(F)F. The van der Waals surface area contributed by atoms with Crippen LogP contribution >= 0.6 is 0 Å². The minimum absolute atomic E-state index is 0.00439. The number of benzene rings is 1. The third-order valence-electron chi connectivity index (χ3n) is 3.40. The molecule has 6 nitrogen and oxygen atoms in total. The molecular formula is C18H20F6I2O6S2+2. The Kier molecular flexibility index (Phi) is 11.9. The first kappa shape index (κ1) is 31.3. The van der Waals surface area contributed by atoms with Crippen molar-refractivity contribution < 1.29 is 94.0 Å². The minimum atomic E-state index is -5.75. The molecule has 0 heterocycles. The number of hydrogen-bond acceptors (Lipinski definition) is 6. The third-order valence-corrected chi connectivity index (χ3v) is 10.3. The van der Waals surface area contributed by atoms with Gasteiger partial charge < -0.3 is 8.37 Å². The third kappa shape index (κ3) is 10.1. The molecular weight excluding hydrogens is 744 g/mol. The monoisotopic (exact) mass is 764 g/mol. The molecule has 0 aromatic heterocycles. The van der Waals surface area contributed by atoms with Crippen molar-refractivity contribution in [1.29, 1.82) is 0 Å². The van der Waals surface area contributed by atoms with Crippen molar-refractivity contribution in [3.63, 3.8) is 0 Å². The lowest BCUT2D eigenvalue weighted by molar-refractivity contribution is -0.564. The van der Waals surface area contributed by atoms with Crippen LogP contribution in [0.3, 0.4) is 0 Å². The highest BCUT2D eigenvalue weighted by atomic mass is 127. The van der Waals surface area contributed by atoms with Crippen molar-refractivity contribution in [2.24, 2.45) is 0 Å². The minimum Gasteiger partial charge on any atom is -0.376 e. The topological polar surface area (TPSA) is 86.7 Å². The Labute approximate surface area is 214 Å². The van der Waals surface area contributed by atoms with E-state index in [1.165, 1.54) is 8.17 Å². The van der Waals surface area contributed by atoms with Crippen LogP contribution in [-0.4, -0.2) is 27.9 Å². The molecule has 0 saturated heterocycles. The van der Waals surface area contributed by atoms with E-state index in [2.05, 4.69) is 8.37 Å². The summed E-state index contributed by atoms with van der Waals surface area (Å²) in [5.74, 6) is -0.585. The Morgan fingerprint density at radius 2 is 1.03 bits per heavy atom. The summed E-state index contributed by atoms with van der Waals surface area (Å²) in [7, 11) is -11.5. The Morgan fingerprint density at radius 1 is 0.735 bits per heavy atom. The molecule has 0 saturated carbocycles. The second-order valence-electron chi connectivity index (χ2n) is 6.27. The zero-order valence-corrected chi connectivity index (χ0v) is 23.5. The molecule has 34 heavy (non-hydrogen) atoms. The summed E-state index contributed by atoms with van der Waals surface area (Å²) in [6, 6.07) is 6.62. The highest BCUT2D eigenvalue weighted by molar-refractivity contribution is 7.88. The Morgan fingerprint density at radius 3 is 1.26 bits per heavy atom. The predicted molar refractivity (Wildman–Crippen MR) is 102 cm³/mol. The molecule has 0 unspecified atom stereocenters. The lowest BCUT2D eigenvalue weighted by Gasteiger charge is -2.09. The number of rotatable bonds is 12. The summed E-state index contributed by atoms with van der Waals surface area (Å²) in [5, 5.41) is 0. The van der Waals surface area contributed by atoms with Gasteiger partial charge in [-0.15, -0.1) is 0 Å². The van der Waals surface area contributed by atoms with Crippen LogP contribution in [0.2, 0.25) is 0 Å². The normalized spacial score (nSPS) is 14.2. The summed E-state index contributed by atoms with van der Waals surface area (Å²) in [6.07, 6.45) is 0.741. The molecule has 0 radical (unpaired) electrons. The second-order valence-corrected chi connectivity index (χ2v) is 14.3. The summed E-state index contributed by atoms with van der Waals surface area (Å²) < 4.78 is 133. The lowest BCUT2D eigenvalue weighted by atomic mass is 10.3. The van der Waals surface area contributed by atoms with E-state index in [-0.39, 0.29) is 24.4 Å². The maximum atomic E-state index is 12.5. The predicted octanol–water partition coefficient (Wildman–Crippen LogP) is -0.781. The summed E-state index contributed by atoms with van der Waals surface area (Å²) >= 11 is -2.08. The van der Waals surface area contributed by atoms with E-state index in [0.717, 1.165) is 7.14 Å². The van der Waals surface area contributed by atoms with Crippen LogP contribution in [0.25, 0.3) is 0 Å². The smallest absolute Gasteiger partial charge is 0.376 e. The van der Waals surface area contributed by atoms with E-state index in [0.29, 0.717) is 12.8 Å². The number of halogens is 8. The fourth-order valence-corrected chi connectivity index (χ4v) is 7.12. The van der Waals surface area contributed by atoms with E-state index < -0.39 is 73.7 Å². The zero-order valence-electron chi connectivity index (χ0n) is 17.6. The van der Waals surface area contributed by atoms with Crippen molar-refractivity contribution in [3.05, 3.63) is 51.1 Å². The maximum absolute atomic E-state index is 12.5. The molecule has 0 atom stereocenters. The molecule has 0 aliphatic rings.